The third-order valence-electron chi connectivity index (χ3n) is 5.60. The number of esters is 1. The van der Waals surface area contributed by atoms with Gasteiger partial charge in [-0.3, -0.25) is 0 Å². The summed E-state index contributed by atoms with van der Waals surface area (Å²) in [5.74, 6) is 0.648. The highest BCUT2D eigenvalue weighted by Crippen LogP contribution is 2.40. The van der Waals surface area contributed by atoms with Crippen LogP contribution in [0.1, 0.15) is 41.7 Å². The number of carbonyl (C=O) groups is 1. The highest BCUT2D eigenvalue weighted by molar-refractivity contribution is 6.22. The minimum absolute atomic E-state index is 0.0320. The monoisotopic (exact) mass is 456 g/mol. The number of phenols is 1. The van der Waals surface area contributed by atoms with Crippen LogP contribution >= 0.6 is 0 Å². The maximum Gasteiger partial charge on any atom is 0.338 e. The van der Waals surface area contributed by atoms with Crippen LogP contribution in [0.2, 0.25) is 0 Å². The standard InChI is InChI=1S/C29H28O5/c1-19-10-12-22(26(16-19)33-18-20-8-6-5-7-9-20)24(28(31)32-4)17-21-11-13-25-23(27(21)30)14-15-29(2,3)34-25/h5-17,30H,18H2,1-4H3. The van der Waals surface area contributed by atoms with Crippen molar-refractivity contribution in [3.8, 4) is 17.2 Å². The molecule has 0 bridgehead atoms. The molecule has 0 unspecified atom stereocenters. The van der Waals surface area contributed by atoms with Gasteiger partial charge in [0, 0.05) is 11.1 Å². The second-order valence-electron chi connectivity index (χ2n) is 8.78. The quantitative estimate of drug-likeness (QED) is 0.273. The number of hydrogen-bond donors (Lipinski definition) is 1. The van der Waals surface area contributed by atoms with Crippen molar-refractivity contribution in [2.24, 2.45) is 0 Å². The first-order chi connectivity index (χ1) is 16.3. The predicted octanol–water partition coefficient (Wildman–Crippen LogP) is 6.18. The molecule has 174 valence electrons. The maximum atomic E-state index is 12.8. The summed E-state index contributed by atoms with van der Waals surface area (Å²) < 4.78 is 17.1. The first-order valence-electron chi connectivity index (χ1n) is 11.1. The van der Waals surface area contributed by atoms with Gasteiger partial charge < -0.3 is 19.3 Å². The fourth-order valence-electron chi connectivity index (χ4n) is 3.79. The zero-order valence-electron chi connectivity index (χ0n) is 19.8. The highest BCUT2D eigenvalue weighted by Gasteiger charge is 2.25. The molecule has 3 aromatic rings. The van der Waals surface area contributed by atoms with Gasteiger partial charge in [0.15, 0.2) is 0 Å². The molecule has 0 radical (unpaired) electrons. The number of ether oxygens (including phenoxy) is 3. The van der Waals surface area contributed by atoms with E-state index in [2.05, 4.69) is 0 Å². The van der Waals surface area contributed by atoms with Gasteiger partial charge >= 0.3 is 5.97 Å². The van der Waals surface area contributed by atoms with E-state index in [1.807, 2.05) is 81.5 Å². The van der Waals surface area contributed by atoms with E-state index in [1.165, 1.54) is 7.11 Å². The molecule has 5 heteroatoms. The lowest BCUT2D eigenvalue weighted by Crippen LogP contribution is -2.27. The summed E-state index contributed by atoms with van der Waals surface area (Å²) in [6.45, 7) is 6.21. The first kappa shape index (κ1) is 23.2. The molecule has 0 fully saturated rings. The van der Waals surface area contributed by atoms with E-state index in [0.29, 0.717) is 34.8 Å². The Morgan fingerprint density at radius 2 is 1.85 bits per heavy atom. The van der Waals surface area contributed by atoms with Crippen molar-refractivity contribution in [1.82, 2.24) is 0 Å². The Morgan fingerprint density at radius 1 is 1.09 bits per heavy atom. The van der Waals surface area contributed by atoms with Gasteiger partial charge in [-0.25, -0.2) is 4.79 Å². The summed E-state index contributed by atoms with van der Waals surface area (Å²) in [4.78, 5) is 12.8. The van der Waals surface area contributed by atoms with E-state index < -0.39 is 11.6 Å². The molecule has 1 N–H and O–H groups in total. The van der Waals surface area contributed by atoms with Crippen LogP contribution < -0.4 is 9.47 Å². The summed E-state index contributed by atoms with van der Waals surface area (Å²) in [5, 5.41) is 11.0. The van der Waals surface area contributed by atoms with Gasteiger partial charge in [-0.05, 0) is 68.3 Å². The maximum absolute atomic E-state index is 12.8. The summed E-state index contributed by atoms with van der Waals surface area (Å²) in [6.07, 6.45) is 5.35. The zero-order chi connectivity index (χ0) is 24.3. The average Bonchev–Trinajstić information content (AvgIpc) is 2.82. The predicted molar refractivity (Wildman–Crippen MR) is 134 cm³/mol. The Labute approximate surface area is 199 Å². The number of hydrogen-bond acceptors (Lipinski definition) is 5. The fraction of sp³-hybridized carbons (Fsp3) is 0.207. The molecule has 1 aliphatic heterocycles. The van der Waals surface area contributed by atoms with Crippen LogP contribution in [-0.2, 0) is 16.1 Å². The van der Waals surface area contributed by atoms with Crippen molar-refractivity contribution < 1.29 is 24.1 Å². The molecular formula is C29H28O5. The first-order valence-corrected chi connectivity index (χ1v) is 11.1. The molecule has 1 heterocycles. The number of aryl methyl sites for hydroxylation is 1. The van der Waals surface area contributed by atoms with Crippen LogP contribution in [0.3, 0.4) is 0 Å². The summed E-state index contributed by atoms with van der Waals surface area (Å²) >= 11 is 0. The molecular weight excluding hydrogens is 428 g/mol. The molecule has 0 aromatic heterocycles. The Morgan fingerprint density at radius 3 is 2.59 bits per heavy atom. The second-order valence-corrected chi connectivity index (χ2v) is 8.78. The van der Waals surface area contributed by atoms with Crippen LogP contribution in [0, 0.1) is 6.92 Å². The molecule has 0 spiro atoms. The Balaban J connectivity index is 1.76. The summed E-state index contributed by atoms with van der Waals surface area (Å²) in [5.41, 5.74) is 3.46. The Hall–Kier alpha value is -3.99. The molecule has 34 heavy (non-hydrogen) atoms. The van der Waals surface area contributed by atoms with Crippen molar-refractivity contribution in [1.29, 1.82) is 0 Å². The fourth-order valence-corrected chi connectivity index (χ4v) is 3.79. The minimum atomic E-state index is -0.529. The molecule has 0 saturated heterocycles. The van der Waals surface area contributed by atoms with Gasteiger partial charge in [0.05, 0.1) is 18.2 Å². The number of carbonyl (C=O) groups excluding carboxylic acids is 1. The van der Waals surface area contributed by atoms with Crippen molar-refractivity contribution in [3.63, 3.8) is 0 Å². The lowest BCUT2D eigenvalue weighted by molar-refractivity contribution is -0.133. The van der Waals surface area contributed by atoms with E-state index in [-0.39, 0.29) is 11.3 Å². The van der Waals surface area contributed by atoms with Gasteiger partial charge in [-0.15, -0.1) is 0 Å². The molecule has 1 aliphatic rings. The van der Waals surface area contributed by atoms with E-state index in [9.17, 15) is 9.90 Å². The summed E-state index contributed by atoms with van der Waals surface area (Å²) in [6, 6.07) is 19.0. The number of phenolic OH excluding ortho intramolecular Hbond substituents is 1. The molecule has 3 aromatic carbocycles. The minimum Gasteiger partial charge on any atom is -0.507 e. The van der Waals surface area contributed by atoms with Crippen LogP contribution in [0.25, 0.3) is 17.7 Å². The van der Waals surface area contributed by atoms with Crippen molar-refractivity contribution in [2.45, 2.75) is 33.0 Å². The molecule has 0 saturated carbocycles. The van der Waals surface area contributed by atoms with Crippen LogP contribution in [0.4, 0.5) is 0 Å². The highest BCUT2D eigenvalue weighted by atomic mass is 16.5. The van der Waals surface area contributed by atoms with Crippen molar-refractivity contribution in [3.05, 3.63) is 94.6 Å². The molecule has 0 amide bonds. The van der Waals surface area contributed by atoms with Crippen molar-refractivity contribution in [2.75, 3.05) is 7.11 Å². The lowest BCUT2D eigenvalue weighted by atomic mass is 9.96. The van der Waals surface area contributed by atoms with Crippen LogP contribution in [0.15, 0.2) is 66.7 Å². The number of aromatic hydroxyl groups is 1. The van der Waals surface area contributed by atoms with Gasteiger partial charge in [0.25, 0.3) is 0 Å². The zero-order valence-corrected chi connectivity index (χ0v) is 19.8. The van der Waals surface area contributed by atoms with E-state index in [4.69, 9.17) is 14.2 Å². The van der Waals surface area contributed by atoms with E-state index >= 15 is 0 Å². The topological polar surface area (TPSA) is 65.0 Å². The number of benzene rings is 3. The Bertz CT molecular complexity index is 1270. The third kappa shape index (κ3) is 4.99. The number of rotatable bonds is 6. The van der Waals surface area contributed by atoms with Crippen LogP contribution in [0.5, 0.6) is 17.2 Å². The van der Waals surface area contributed by atoms with Gasteiger partial charge in [-0.1, -0.05) is 42.5 Å². The van der Waals surface area contributed by atoms with Gasteiger partial charge in [0.1, 0.15) is 29.5 Å². The smallest absolute Gasteiger partial charge is 0.338 e. The summed E-state index contributed by atoms with van der Waals surface area (Å²) in [7, 11) is 1.33. The van der Waals surface area contributed by atoms with E-state index in [1.54, 1.807) is 18.2 Å². The van der Waals surface area contributed by atoms with Crippen LogP contribution in [-0.4, -0.2) is 23.8 Å². The second kappa shape index (κ2) is 9.48. The largest absolute Gasteiger partial charge is 0.507 e. The molecule has 0 aliphatic carbocycles. The number of fused-ring (bicyclic) bond motifs is 1. The molecule has 4 rings (SSSR count). The van der Waals surface area contributed by atoms with Gasteiger partial charge in [-0.2, -0.15) is 0 Å². The van der Waals surface area contributed by atoms with Crippen molar-refractivity contribution >= 4 is 23.7 Å². The average molecular weight is 457 g/mol. The van der Waals surface area contributed by atoms with E-state index in [0.717, 1.165) is 11.1 Å². The third-order valence-corrected chi connectivity index (χ3v) is 5.60. The SMILES string of the molecule is COC(=O)C(=Cc1ccc2c(c1O)C=CC(C)(C)O2)c1ccc(C)cc1OCc1ccccc1. The molecule has 0 atom stereocenters. The molecule has 5 nitrogen and oxygen atoms in total. The van der Waals surface area contributed by atoms with Gasteiger partial charge in [0.2, 0.25) is 0 Å². The normalized spacial score (nSPS) is 14.2. The lowest BCUT2D eigenvalue weighted by Gasteiger charge is -2.28. The Kier molecular flexibility index (Phi) is 6.46. The number of methoxy groups -OCH3 is 1.